The van der Waals surface area contributed by atoms with E-state index in [0.29, 0.717) is 43.7 Å². The number of ether oxygens (including phenoxy) is 2. The minimum absolute atomic E-state index is 0.126. The van der Waals surface area contributed by atoms with Gasteiger partial charge in [-0.2, -0.15) is 0 Å². The monoisotopic (exact) mass is 541 g/mol. The van der Waals surface area contributed by atoms with Gasteiger partial charge in [0, 0.05) is 5.69 Å². The summed E-state index contributed by atoms with van der Waals surface area (Å²) < 4.78 is 25.5. The molecule has 1 fully saturated rings. The van der Waals surface area contributed by atoms with Gasteiger partial charge in [-0.3, -0.25) is 19.4 Å². The highest BCUT2D eigenvalue weighted by molar-refractivity contribution is 5.95. The smallest absolute Gasteiger partial charge is 0.415 e. The van der Waals surface area contributed by atoms with E-state index in [2.05, 4.69) is 25.9 Å². The van der Waals surface area contributed by atoms with E-state index in [1.54, 1.807) is 11.8 Å². The van der Waals surface area contributed by atoms with E-state index in [-0.39, 0.29) is 59.8 Å². The van der Waals surface area contributed by atoms with E-state index in [0.717, 1.165) is 12.0 Å². The molecule has 12 nitrogen and oxygen atoms in total. The van der Waals surface area contributed by atoms with Crippen LogP contribution in [0.15, 0.2) is 18.3 Å². The number of nitrogens with zero attached hydrogens (tertiary/aromatic N) is 4. The number of carbonyl (C=O) groups excluding carboxylic acids is 3. The highest BCUT2D eigenvalue weighted by Crippen LogP contribution is 2.32. The van der Waals surface area contributed by atoms with Crippen molar-refractivity contribution in [2.24, 2.45) is 5.92 Å². The molecular formula is C26H32FN7O5. The van der Waals surface area contributed by atoms with Crippen molar-refractivity contribution in [1.82, 2.24) is 20.2 Å². The van der Waals surface area contributed by atoms with Gasteiger partial charge in [0.15, 0.2) is 18.2 Å². The van der Waals surface area contributed by atoms with E-state index >= 15 is 0 Å². The van der Waals surface area contributed by atoms with Crippen LogP contribution in [0, 0.1) is 11.7 Å². The van der Waals surface area contributed by atoms with Crippen LogP contribution < -0.4 is 25.6 Å². The Bertz CT molecular complexity index is 1290. The minimum atomic E-state index is -0.526. The molecule has 0 radical (unpaired) electrons. The summed E-state index contributed by atoms with van der Waals surface area (Å²) in [6, 6.07) is 2.93. The van der Waals surface area contributed by atoms with Crippen molar-refractivity contribution in [1.29, 1.82) is 0 Å². The predicted octanol–water partition coefficient (Wildman–Crippen LogP) is 1.56. The molecular weight excluding hydrogens is 509 g/mol. The molecule has 0 bridgehead atoms. The molecule has 3 amide bonds. The largest absolute Gasteiger partial charge is 0.465 e. The molecule has 0 saturated carbocycles. The molecule has 3 atom stereocenters. The molecule has 208 valence electrons. The van der Waals surface area contributed by atoms with Crippen molar-refractivity contribution in [3.63, 3.8) is 0 Å². The van der Waals surface area contributed by atoms with Gasteiger partial charge in [0.2, 0.25) is 5.91 Å². The summed E-state index contributed by atoms with van der Waals surface area (Å²) in [7, 11) is 3.64. The highest BCUT2D eigenvalue weighted by atomic mass is 19.1. The number of hydrogen-bond donors (Lipinski definition) is 3. The Labute approximate surface area is 225 Å². The molecule has 3 N–H and O–H groups in total. The first-order chi connectivity index (χ1) is 18.7. The molecule has 3 heterocycles. The zero-order chi connectivity index (χ0) is 27.7. The van der Waals surface area contributed by atoms with Crippen LogP contribution in [0.25, 0.3) is 0 Å². The summed E-state index contributed by atoms with van der Waals surface area (Å²) in [5.41, 5.74) is 2.10. The maximum absolute atomic E-state index is 14.8. The lowest BCUT2D eigenvalue weighted by atomic mass is 10.1. The maximum Gasteiger partial charge on any atom is 0.415 e. The second-order valence-corrected chi connectivity index (χ2v) is 10.3. The summed E-state index contributed by atoms with van der Waals surface area (Å²) in [6.45, 7) is 3.28. The van der Waals surface area contributed by atoms with Crippen LogP contribution in [0.5, 0.6) is 5.88 Å². The molecule has 1 aromatic heterocycles. The number of hydrogen-bond acceptors (Lipinski definition) is 9. The summed E-state index contributed by atoms with van der Waals surface area (Å²) in [5, 5.41) is 8.79. The maximum atomic E-state index is 14.8. The lowest BCUT2D eigenvalue weighted by Crippen LogP contribution is -2.37. The highest BCUT2D eigenvalue weighted by Gasteiger charge is 2.34. The van der Waals surface area contributed by atoms with E-state index in [4.69, 9.17) is 9.47 Å². The Hall–Kier alpha value is -3.84. The molecule has 2 aliphatic heterocycles. The van der Waals surface area contributed by atoms with Gasteiger partial charge >= 0.3 is 6.09 Å². The van der Waals surface area contributed by atoms with Gasteiger partial charge < -0.3 is 25.4 Å². The Morgan fingerprint density at radius 3 is 2.92 bits per heavy atom. The molecule has 1 aliphatic carbocycles. The molecule has 3 unspecified atom stereocenters. The zero-order valence-electron chi connectivity index (χ0n) is 22.1. The fourth-order valence-corrected chi connectivity index (χ4v) is 4.89. The third-order valence-corrected chi connectivity index (χ3v) is 7.26. The average molecular weight is 542 g/mol. The first-order valence-corrected chi connectivity index (χ1v) is 12.9. The molecule has 5 rings (SSSR count). The van der Waals surface area contributed by atoms with Crippen LogP contribution >= 0.6 is 0 Å². The van der Waals surface area contributed by atoms with Crippen molar-refractivity contribution >= 4 is 35.2 Å². The summed E-state index contributed by atoms with van der Waals surface area (Å²) in [4.78, 5) is 47.9. The molecule has 3 aliphatic rings. The third-order valence-electron chi connectivity index (χ3n) is 7.26. The van der Waals surface area contributed by atoms with E-state index in [1.165, 1.54) is 17.2 Å². The van der Waals surface area contributed by atoms with Gasteiger partial charge in [0.1, 0.15) is 11.9 Å². The lowest BCUT2D eigenvalue weighted by molar-refractivity contribution is -0.120. The summed E-state index contributed by atoms with van der Waals surface area (Å²) >= 11 is 0. The number of halogens is 1. The number of likely N-dealkylation sites (N-methyl/N-ethyl adjacent to an activating group) is 1. The van der Waals surface area contributed by atoms with Crippen LogP contribution in [0.4, 0.5) is 26.5 Å². The number of cyclic esters (lactones) is 1. The number of amides is 3. The second kappa shape index (κ2) is 11.1. The Morgan fingerprint density at radius 1 is 1.31 bits per heavy atom. The average Bonchev–Trinajstić information content (AvgIpc) is 3.48. The Kier molecular flexibility index (Phi) is 7.62. The number of nitrogens with one attached hydrogen (secondary N) is 3. The molecule has 1 aromatic carbocycles. The van der Waals surface area contributed by atoms with Crippen LogP contribution in [0.2, 0.25) is 0 Å². The fourth-order valence-electron chi connectivity index (χ4n) is 4.89. The van der Waals surface area contributed by atoms with Crippen molar-refractivity contribution in [3.8, 4) is 5.88 Å². The number of anilines is 3. The molecule has 39 heavy (non-hydrogen) atoms. The normalized spacial score (nSPS) is 20.7. The van der Waals surface area contributed by atoms with Crippen LogP contribution in [0.3, 0.4) is 0 Å². The number of carbonyl (C=O) groups is 3. The number of benzene rings is 1. The molecule has 1 saturated heterocycles. The minimum Gasteiger partial charge on any atom is -0.465 e. The first-order valence-electron chi connectivity index (χ1n) is 12.9. The van der Waals surface area contributed by atoms with Crippen molar-refractivity contribution in [3.05, 3.63) is 35.3 Å². The standard InChI is InChI=1S/C26H32FN7O5/c1-14(33(2)3)24(36)30-17-8-16-6-15(7-19(16)20(27)9-17)10-28-5-4-18-12-34(26(37)39-18)21-11-29-25-23(31-21)32-22(35)13-38-25/h8-9,11,14-15,18,28H,4-7,10,12-13H2,1-3H3,(H,30,36)(H,31,32,35). The van der Waals surface area contributed by atoms with Crippen molar-refractivity contribution in [2.45, 2.75) is 38.3 Å². The molecule has 2 aromatic rings. The Balaban J connectivity index is 1.08. The van der Waals surface area contributed by atoms with Crippen LogP contribution in [-0.2, 0) is 27.2 Å². The van der Waals surface area contributed by atoms with Gasteiger partial charge in [-0.05, 0) is 82.5 Å². The van der Waals surface area contributed by atoms with Gasteiger partial charge in [0.05, 0.1) is 18.8 Å². The van der Waals surface area contributed by atoms with E-state index < -0.39 is 6.09 Å². The Morgan fingerprint density at radius 2 is 2.13 bits per heavy atom. The van der Waals surface area contributed by atoms with Crippen LogP contribution in [0.1, 0.15) is 24.5 Å². The lowest BCUT2D eigenvalue weighted by Gasteiger charge is -2.19. The molecule has 13 heteroatoms. The van der Waals surface area contributed by atoms with Crippen molar-refractivity contribution in [2.75, 3.05) is 55.9 Å². The van der Waals surface area contributed by atoms with Gasteiger partial charge in [-0.15, -0.1) is 0 Å². The number of rotatable bonds is 9. The summed E-state index contributed by atoms with van der Waals surface area (Å²) in [6.07, 6.45) is 2.49. The van der Waals surface area contributed by atoms with Gasteiger partial charge in [-0.25, -0.2) is 19.2 Å². The summed E-state index contributed by atoms with van der Waals surface area (Å²) in [5.74, 6) is 0.0773. The third kappa shape index (κ3) is 5.93. The second-order valence-electron chi connectivity index (χ2n) is 10.3. The van der Waals surface area contributed by atoms with Crippen LogP contribution in [-0.4, -0.2) is 85.3 Å². The van der Waals surface area contributed by atoms with Crippen molar-refractivity contribution < 1.29 is 28.2 Å². The predicted molar refractivity (Wildman–Crippen MR) is 140 cm³/mol. The number of aromatic nitrogens is 2. The quantitative estimate of drug-likeness (QED) is 0.404. The topological polar surface area (TPSA) is 138 Å². The fraction of sp³-hybridized carbons (Fsp3) is 0.500. The molecule has 0 spiro atoms. The van der Waals surface area contributed by atoms with E-state index in [9.17, 15) is 18.8 Å². The first kappa shape index (κ1) is 26.8. The number of fused-ring (bicyclic) bond motifs is 2. The SMILES string of the molecule is CC(C(=O)Nc1cc(F)c2c(c1)CC(CNCCC1CN(c3cnc4c(n3)NC(=O)CO4)C(=O)O1)C2)N(C)C. The zero-order valence-corrected chi connectivity index (χ0v) is 22.1. The van der Waals surface area contributed by atoms with Gasteiger partial charge in [0.25, 0.3) is 11.8 Å². The van der Waals surface area contributed by atoms with E-state index in [1.807, 2.05) is 20.2 Å². The van der Waals surface area contributed by atoms with Gasteiger partial charge in [-0.1, -0.05) is 0 Å².